The lowest BCUT2D eigenvalue weighted by molar-refractivity contribution is -0.137. The molecule has 5 nitrogen and oxygen atoms in total. The molecule has 0 amide bonds. The third-order valence-electron chi connectivity index (χ3n) is 6.88. The molecule has 0 bridgehead atoms. The van der Waals surface area contributed by atoms with Crippen LogP contribution >= 0.6 is 0 Å². The van der Waals surface area contributed by atoms with Gasteiger partial charge in [-0.3, -0.25) is 4.79 Å². The van der Waals surface area contributed by atoms with E-state index in [-0.39, 0.29) is 12.3 Å². The Morgan fingerprint density at radius 2 is 1.97 bits per heavy atom. The van der Waals surface area contributed by atoms with Gasteiger partial charge in [0, 0.05) is 29.1 Å². The molecule has 158 valence electrons. The summed E-state index contributed by atoms with van der Waals surface area (Å²) >= 11 is 0. The highest BCUT2D eigenvalue weighted by Crippen LogP contribution is 2.38. The number of hydrogen-bond acceptors (Lipinski definition) is 3. The number of carboxylic acid groups (broad SMARTS) is 1. The molecule has 3 aromatic rings. The summed E-state index contributed by atoms with van der Waals surface area (Å²) in [6.07, 6.45) is 5.93. The number of hydrogen-bond donors (Lipinski definition) is 1. The lowest BCUT2D eigenvalue weighted by atomic mass is 9.92. The molecule has 2 aromatic carbocycles. The molecule has 5 heteroatoms. The summed E-state index contributed by atoms with van der Waals surface area (Å²) in [4.78, 5) is 11.1. The predicted octanol–water partition coefficient (Wildman–Crippen LogP) is 5.71. The van der Waals surface area contributed by atoms with Crippen LogP contribution in [0.15, 0.2) is 42.5 Å². The number of carboxylic acids is 1. The largest absolute Gasteiger partial charge is 0.489 e. The maximum Gasteiger partial charge on any atom is 0.304 e. The highest BCUT2D eigenvalue weighted by Gasteiger charge is 2.26. The predicted molar refractivity (Wildman–Crippen MR) is 118 cm³/mol. The van der Waals surface area contributed by atoms with Crippen LogP contribution in [-0.2, 0) is 17.9 Å². The van der Waals surface area contributed by atoms with Crippen LogP contribution < -0.4 is 4.74 Å². The molecule has 31 heavy (non-hydrogen) atoms. The van der Waals surface area contributed by atoms with Crippen molar-refractivity contribution in [3.8, 4) is 11.8 Å². The van der Waals surface area contributed by atoms with E-state index in [1.165, 1.54) is 31.2 Å². The molecule has 0 saturated heterocycles. The summed E-state index contributed by atoms with van der Waals surface area (Å²) < 4.78 is 8.27. The summed E-state index contributed by atoms with van der Waals surface area (Å²) in [5.74, 6) is 0.638. The van der Waals surface area contributed by atoms with Gasteiger partial charge < -0.3 is 14.4 Å². The fourth-order valence-corrected chi connectivity index (χ4v) is 5.35. The van der Waals surface area contributed by atoms with E-state index >= 15 is 0 Å². The number of aliphatic carboxylic acids is 1. The molecule has 2 heterocycles. The van der Waals surface area contributed by atoms with Gasteiger partial charge in [0.05, 0.1) is 18.1 Å². The van der Waals surface area contributed by atoms with Gasteiger partial charge >= 0.3 is 5.97 Å². The van der Waals surface area contributed by atoms with Crippen LogP contribution in [0.4, 0.5) is 0 Å². The van der Waals surface area contributed by atoms with Crippen molar-refractivity contribution in [2.45, 2.75) is 63.5 Å². The molecule has 5 rings (SSSR count). The number of ether oxygens (including phenoxy) is 1. The molecule has 1 aliphatic heterocycles. The van der Waals surface area contributed by atoms with E-state index in [4.69, 9.17) is 9.84 Å². The van der Waals surface area contributed by atoms with Crippen LogP contribution in [0.25, 0.3) is 10.9 Å². The fraction of sp³-hybridized carbons (Fsp3) is 0.385. The number of rotatable bonds is 6. The first-order valence-corrected chi connectivity index (χ1v) is 11.1. The number of carbonyl (C=O) groups is 1. The Balaban J connectivity index is 1.32. The maximum atomic E-state index is 11.1. The van der Waals surface area contributed by atoms with Crippen LogP contribution in [0.3, 0.4) is 0 Å². The van der Waals surface area contributed by atoms with Gasteiger partial charge in [0.1, 0.15) is 12.4 Å². The molecule has 0 unspecified atom stereocenters. The Bertz CT molecular complexity index is 1180. The number of benzene rings is 2. The van der Waals surface area contributed by atoms with Gasteiger partial charge in [0.2, 0.25) is 0 Å². The zero-order valence-electron chi connectivity index (χ0n) is 17.5. The van der Waals surface area contributed by atoms with Gasteiger partial charge in [-0.2, -0.15) is 5.26 Å². The summed E-state index contributed by atoms with van der Waals surface area (Å²) in [7, 11) is 0. The zero-order chi connectivity index (χ0) is 21.4. The average Bonchev–Trinajstić information content (AvgIpc) is 3.50. The van der Waals surface area contributed by atoms with E-state index in [9.17, 15) is 10.1 Å². The van der Waals surface area contributed by atoms with Gasteiger partial charge in [-0.1, -0.05) is 25.0 Å². The summed E-state index contributed by atoms with van der Waals surface area (Å²) in [5, 5.41) is 19.9. The third kappa shape index (κ3) is 3.79. The second-order valence-electron chi connectivity index (χ2n) is 8.83. The second-order valence-corrected chi connectivity index (χ2v) is 8.83. The molecule has 1 saturated carbocycles. The SMILES string of the molecule is N#Cc1cc(COc2ccc3c(c2)cc2n3CC[C@H]2CC(=O)O)ccc1C1CCCC1. The topological polar surface area (TPSA) is 75.2 Å². The Labute approximate surface area is 181 Å². The molecule has 0 radical (unpaired) electrons. The number of aromatic nitrogens is 1. The van der Waals surface area contributed by atoms with Gasteiger partial charge in [-0.15, -0.1) is 0 Å². The minimum atomic E-state index is -0.747. The third-order valence-corrected chi connectivity index (χ3v) is 6.88. The van der Waals surface area contributed by atoms with Crippen molar-refractivity contribution >= 4 is 16.9 Å². The van der Waals surface area contributed by atoms with Crippen LogP contribution in [-0.4, -0.2) is 15.6 Å². The molecule has 1 N–H and O–H groups in total. The van der Waals surface area contributed by atoms with E-state index in [0.717, 1.165) is 46.4 Å². The van der Waals surface area contributed by atoms with Crippen molar-refractivity contribution in [3.05, 3.63) is 64.8 Å². The minimum absolute atomic E-state index is 0.0806. The van der Waals surface area contributed by atoms with E-state index in [2.05, 4.69) is 34.9 Å². The van der Waals surface area contributed by atoms with Crippen LogP contribution in [0.1, 0.15) is 72.7 Å². The number of nitriles is 1. The summed E-state index contributed by atoms with van der Waals surface area (Å²) in [5.41, 5.74) is 5.19. The average molecular weight is 415 g/mol. The van der Waals surface area contributed by atoms with Crippen molar-refractivity contribution in [3.63, 3.8) is 0 Å². The van der Waals surface area contributed by atoms with Crippen molar-refractivity contribution < 1.29 is 14.6 Å². The number of aryl methyl sites for hydroxylation is 1. The molecule has 1 aliphatic carbocycles. The van der Waals surface area contributed by atoms with Crippen molar-refractivity contribution in [1.82, 2.24) is 4.57 Å². The lowest BCUT2D eigenvalue weighted by Crippen LogP contribution is -2.02. The number of nitrogens with zero attached hydrogens (tertiary/aromatic N) is 2. The summed E-state index contributed by atoms with van der Waals surface area (Å²) in [6, 6.07) is 16.7. The van der Waals surface area contributed by atoms with Gasteiger partial charge in [0.15, 0.2) is 0 Å². The quantitative estimate of drug-likeness (QED) is 0.560. The Kier molecular flexibility index (Phi) is 5.15. The first-order valence-electron chi connectivity index (χ1n) is 11.1. The molecule has 1 fully saturated rings. The Morgan fingerprint density at radius 3 is 2.74 bits per heavy atom. The molecular weight excluding hydrogens is 388 g/mol. The van der Waals surface area contributed by atoms with E-state index in [1.54, 1.807) is 0 Å². The zero-order valence-corrected chi connectivity index (χ0v) is 17.5. The molecule has 2 aliphatic rings. The first-order chi connectivity index (χ1) is 15.1. The van der Waals surface area contributed by atoms with Crippen molar-refractivity contribution in [1.29, 1.82) is 5.26 Å². The van der Waals surface area contributed by atoms with E-state index in [1.807, 2.05) is 18.2 Å². The summed E-state index contributed by atoms with van der Waals surface area (Å²) in [6.45, 7) is 1.28. The minimum Gasteiger partial charge on any atom is -0.489 e. The van der Waals surface area contributed by atoms with E-state index < -0.39 is 5.97 Å². The molecule has 1 aromatic heterocycles. The van der Waals surface area contributed by atoms with Crippen LogP contribution in [0.2, 0.25) is 0 Å². The standard InChI is InChI=1S/C26H26N2O3/c27-15-21-11-17(5-7-23(21)18-3-1-2-4-18)16-31-22-6-8-24-20(12-22)13-25-19(14-26(29)30)9-10-28(24)25/h5-8,11-13,18-19H,1-4,9-10,14,16H2,(H,29,30)/t19-/m0/s1. The normalized spacial score (nSPS) is 18.2. The highest BCUT2D eigenvalue weighted by atomic mass is 16.5. The fourth-order valence-electron chi connectivity index (χ4n) is 5.35. The number of fused-ring (bicyclic) bond motifs is 3. The molecular formula is C26H26N2O3. The first kappa shape index (κ1) is 19.7. The van der Waals surface area contributed by atoms with Crippen LogP contribution in [0.5, 0.6) is 5.75 Å². The Hall–Kier alpha value is -3.26. The maximum absolute atomic E-state index is 11.1. The van der Waals surface area contributed by atoms with Gasteiger partial charge in [-0.05, 0) is 66.6 Å². The molecule has 1 atom stereocenters. The smallest absolute Gasteiger partial charge is 0.304 e. The van der Waals surface area contributed by atoms with Gasteiger partial charge in [0.25, 0.3) is 0 Å². The highest BCUT2D eigenvalue weighted by molar-refractivity contribution is 5.83. The second kappa shape index (κ2) is 8.11. The molecule has 0 spiro atoms. The monoisotopic (exact) mass is 414 g/mol. The van der Waals surface area contributed by atoms with Gasteiger partial charge in [-0.25, -0.2) is 0 Å². The van der Waals surface area contributed by atoms with E-state index in [0.29, 0.717) is 12.5 Å². The van der Waals surface area contributed by atoms with Crippen molar-refractivity contribution in [2.75, 3.05) is 0 Å². The van der Waals surface area contributed by atoms with Crippen molar-refractivity contribution in [2.24, 2.45) is 0 Å². The Morgan fingerprint density at radius 1 is 1.13 bits per heavy atom. The lowest BCUT2D eigenvalue weighted by Gasteiger charge is -2.13. The van der Waals surface area contributed by atoms with Crippen LogP contribution in [0, 0.1) is 11.3 Å².